The summed E-state index contributed by atoms with van der Waals surface area (Å²) in [4.78, 5) is 49.5. The standard InChI is InChI=1S/C18H26N4O5/c1-3-20(4-2)17(25)18(10-6-5-7-11-18)19-15(23)13-21-12-14(22(26)27)8-9-16(21)24/h8-9,12H,3-7,10-11,13H2,1-2H3,(H,19,23). The van der Waals surface area contributed by atoms with Gasteiger partial charge in [0.25, 0.3) is 11.2 Å². The smallest absolute Gasteiger partial charge is 0.285 e. The van der Waals surface area contributed by atoms with Gasteiger partial charge in [-0.1, -0.05) is 19.3 Å². The Balaban J connectivity index is 2.22. The quantitative estimate of drug-likeness (QED) is 0.569. The lowest BCUT2D eigenvalue weighted by Gasteiger charge is -2.40. The summed E-state index contributed by atoms with van der Waals surface area (Å²) in [6, 6.07) is 2.16. The molecule has 9 heteroatoms. The largest absolute Gasteiger partial charge is 0.341 e. The van der Waals surface area contributed by atoms with Crippen LogP contribution in [0.2, 0.25) is 0 Å². The molecular formula is C18H26N4O5. The van der Waals surface area contributed by atoms with E-state index >= 15 is 0 Å². The molecule has 1 aliphatic carbocycles. The van der Waals surface area contributed by atoms with Crippen molar-refractivity contribution in [2.45, 2.75) is 58.0 Å². The predicted molar refractivity (Wildman–Crippen MR) is 99.2 cm³/mol. The second-order valence-corrected chi connectivity index (χ2v) is 6.78. The fraction of sp³-hybridized carbons (Fsp3) is 0.611. The minimum Gasteiger partial charge on any atom is -0.341 e. The number of carbonyl (C=O) groups is 2. The van der Waals surface area contributed by atoms with E-state index in [1.54, 1.807) is 4.90 Å². The Morgan fingerprint density at radius 2 is 1.85 bits per heavy atom. The van der Waals surface area contributed by atoms with Gasteiger partial charge in [-0.3, -0.25) is 29.1 Å². The molecule has 0 aromatic carbocycles. The van der Waals surface area contributed by atoms with Crippen LogP contribution < -0.4 is 10.9 Å². The molecule has 9 nitrogen and oxygen atoms in total. The van der Waals surface area contributed by atoms with E-state index in [1.807, 2.05) is 13.8 Å². The van der Waals surface area contributed by atoms with Crippen LogP contribution in [0.5, 0.6) is 0 Å². The molecule has 1 aliphatic rings. The van der Waals surface area contributed by atoms with Crippen molar-refractivity contribution in [2.24, 2.45) is 0 Å². The number of aromatic nitrogens is 1. The van der Waals surface area contributed by atoms with Gasteiger partial charge in [0.05, 0.1) is 11.1 Å². The van der Waals surface area contributed by atoms with Crippen molar-refractivity contribution in [3.8, 4) is 0 Å². The fourth-order valence-electron chi connectivity index (χ4n) is 3.57. The average Bonchev–Trinajstić information content (AvgIpc) is 2.65. The number of pyridine rings is 1. The van der Waals surface area contributed by atoms with Crippen molar-refractivity contribution in [3.05, 3.63) is 38.8 Å². The number of amides is 2. The number of likely N-dealkylation sites (N-methyl/N-ethyl adjacent to an activating group) is 1. The van der Waals surface area contributed by atoms with Gasteiger partial charge in [-0.25, -0.2) is 0 Å². The number of nitro groups is 1. The molecule has 1 fully saturated rings. The van der Waals surface area contributed by atoms with Crippen LogP contribution >= 0.6 is 0 Å². The Hall–Kier alpha value is -2.71. The third-order valence-electron chi connectivity index (χ3n) is 5.04. The second-order valence-electron chi connectivity index (χ2n) is 6.78. The van der Waals surface area contributed by atoms with Crippen molar-refractivity contribution < 1.29 is 14.5 Å². The molecule has 1 N–H and O–H groups in total. The highest BCUT2D eigenvalue weighted by Crippen LogP contribution is 2.30. The molecule has 2 rings (SSSR count). The number of nitrogens with one attached hydrogen (secondary N) is 1. The second kappa shape index (κ2) is 8.79. The summed E-state index contributed by atoms with van der Waals surface area (Å²) in [6.45, 7) is 4.52. The lowest BCUT2D eigenvalue weighted by atomic mass is 9.80. The highest BCUT2D eigenvalue weighted by atomic mass is 16.6. The number of carbonyl (C=O) groups excluding carboxylic acids is 2. The van der Waals surface area contributed by atoms with Crippen LogP contribution in [0.25, 0.3) is 0 Å². The molecule has 0 saturated heterocycles. The molecule has 0 spiro atoms. The molecule has 27 heavy (non-hydrogen) atoms. The van der Waals surface area contributed by atoms with Crippen LogP contribution in [0.4, 0.5) is 5.69 Å². The normalized spacial score (nSPS) is 15.8. The molecule has 2 amide bonds. The molecule has 0 radical (unpaired) electrons. The first kappa shape index (κ1) is 20.6. The molecule has 1 aromatic heterocycles. The molecule has 1 heterocycles. The van der Waals surface area contributed by atoms with Crippen molar-refractivity contribution in [1.29, 1.82) is 0 Å². The lowest BCUT2D eigenvalue weighted by Crippen LogP contribution is -2.61. The van der Waals surface area contributed by atoms with Gasteiger partial charge in [-0.2, -0.15) is 0 Å². The summed E-state index contributed by atoms with van der Waals surface area (Å²) >= 11 is 0. The van der Waals surface area contributed by atoms with Crippen molar-refractivity contribution >= 4 is 17.5 Å². The summed E-state index contributed by atoms with van der Waals surface area (Å²) in [7, 11) is 0. The highest BCUT2D eigenvalue weighted by Gasteiger charge is 2.42. The van der Waals surface area contributed by atoms with Gasteiger partial charge >= 0.3 is 0 Å². The Labute approximate surface area is 157 Å². The first-order valence-electron chi connectivity index (χ1n) is 9.28. The van der Waals surface area contributed by atoms with E-state index in [-0.39, 0.29) is 18.1 Å². The lowest BCUT2D eigenvalue weighted by molar-refractivity contribution is -0.385. The summed E-state index contributed by atoms with van der Waals surface area (Å²) < 4.78 is 0.992. The molecule has 0 bridgehead atoms. The van der Waals surface area contributed by atoms with Crippen molar-refractivity contribution in [1.82, 2.24) is 14.8 Å². The van der Waals surface area contributed by atoms with Gasteiger partial charge in [0, 0.05) is 25.2 Å². The van der Waals surface area contributed by atoms with E-state index in [2.05, 4.69) is 5.32 Å². The minimum absolute atomic E-state index is 0.105. The zero-order chi connectivity index (χ0) is 20.0. The van der Waals surface area contributed by atoms with Gasteiger partial charge in [0.1, 0.15) is 12.1 Å². The van der Waals surface area contributed by atoms with Gasteiger partial charge in [0.2, 0.25) is 11.8 Å². The summed E-state index contributed by atoms with van der Waals surface area (Å²) in [5.74, 6) is -0.605. The van der Waals surface area contributed by atoms with E-state index < -0.39 is 21.9 Å². The molecule has 1 aromatic rings. The van der Waals surface area contributed by atoms with E-state index in [1.165, 1.54) is 0 Å². The first-order chi connectivity index (χ1) is 12.8. The zero-order valence-electron chi connectivity index (χ0n) is 15.8. The van der Waals surface area contributed by atoms with Crippen molar-refractivity contribution in [2.75, 3.05) is 13.1 Å². The minimum atomic E-state index is -0.967. The average molecular weight is 378 g/mol. The molecule has 1 saturated carbocycles. The Bertz CT molecular complexity index is 763. The zero-order valence-corrected chi connectivity index (χ0v) is 15.8. The third kappa shape index (κ3) is 4.72. The van der Waals surface area contributed by atoms with Crippen LogP contribution in [0.1, 0.15) is 46.0 Å². The number of nitrogens with zero attached hydrogens (tertiary/aromatic N) is 3. The van der Waals surface area contributed by atoms with E-state index in [0.717, 1.165) is 42.2 Å². The highest BCUT2D eigenvalue weighted by molar-refractivity contribution is 5.91. The maximum absolute atomic E-state index is 13.0. The van der Waals surface area contributed by atoms with Gasteiger partial charge in [-0.05, 0) is 26.7 Å². The van der Waals surface area contributed by atoms with Gasteiger partial charge in [0.15, 0.2) is 0 Å². The van der Waals surface area contributed by atoms with Crippen molar-refractivity contribution in [3.63, 3.8) is 0 Å². The van der Waals surface area contributed by atoms with Crippen LogP contribution in [0.3, 0.4) is 0 Å². The molecule has 0 unspecified atom stereocenters. The molecule has 148 valence electrons. The first-order valence-corrected chi connectivity index (χ1v) is 9.28. The van der Waals surface area contributed by atoms with E-state index in [9.17, 15) is 24.5 Å². The topological polar surface area (TPSA) is 115 Å². The Morgan fingerprint density at radius 1 is 1.22 bits per heavy atom. The molecular weight excluding hydrogens is 352 g/mol. The van der Waals surface area contributed by atoms with Crippen LogP contribution in [0, 0.1) is 10.1 Å². The summed E-state index contributed by atoms with van der Waals surface area (Å²) in [5.41, 5.74) is -1.75. The fourth-order valence-corrected chi connectivity index (χ4v) is 3.57. The monoisotopic (exact) mass is 378 g/mol. The van der Waals surface area contributed by atoms with E-state index in [0.29, 0.717) is 25.9 Å². The number of hydrogen-bond acceptors (Lipinski definition) is 5. The summed E-state index contributed by atoms with van der Waals surface area (Å²) in [6.07, 6.45) is 4.83. The Kier molecular flexibility index (Phi) is 6.70. The van der Waals surface area contributed by atoms with Crippen LogP contribution in [-0.2, 0) is 16.1 Å². The SMILES string of the molecule is CCN(CC)C(=O)C1(NC(=O)Cn2cc([N+](=O)[O-])ccc2=O)CCCCC1. The van der Waals surface area contributed by atoms with E-state index in [4.69, 9.17) is 0 Å². The van der Waals surface area contributed by atoms with Crippen LogP contribution in [0.15, 0.2) is 23.1 Å². The summed E-state index contributed by atoms with van der Waals surface area (Å²) in [5, 5.41) is 13.7. The number of rotatable bonds is 7. The van der Waals surface area contributed by atoms with Crippen LogP contribution in [-0.4, -0.2) is 44.8 Å². The molecule has 0 atom stereocenters. The van der Waals surface area contributed by atoms with Gasteiger partial charge < -0.3 is 10.2 Å². The number of hydrogen-bond donors (Lipinski definition) is 1. The Morgan fingerprint density at radius 3 is 2.41 bits per heavy atom. The molecule has 0 aliphatic heterocycles. The maximum Gasteiger partial charge on any atom is 0.285 e. The van der Waals surface area contributed by atoms with Gasteiger partial charge in [-0.15, -0.1) is 0 Å². The predicted octanol–water partition coefficient (Wildman–Crippen LogP) is 1.44. The maximum atomic E-state index is 13.0. The third-order valence-corrected chi connectivity index (χ3v) is 5.04.